The van der Waals surface area contributed by atoms with Crippen molar-refractivity contribution >= 4 is 17.7 Å². The highest BCUT2D eigenvalue weighted by Gasteiger charge is 2.21. The van der Waals surface area contributed by atoms with E-state index in [4.69, 9.17) is 5.26 Å². The van der Waals surface area contributed by atoms with Crippen LogP contribution < -0.4 is 5.32 Å². The molecule has 1 aromatic carbocycles. The number of rotatable bonds is 5. The zero-order chi connectivity index (χ0) is 13.6. The van der Waals surface area contributed by atoms with E-state index in [0.29, 0.717) is 16.9 Å². The molecule has 0 heterocycles. The Kier molecular flexibility index (Phi) is 5.20. The van der Waals surface area contributed by atoms with Crippen LogP contribution in [0.1, 0.15) is 22.8 Å². The number of aliphatic hydroxyl groups is 1. The predicted molar refractivity (Wildman–Crippen MR) is 72.5 cm³/mol. The zero-order valence-electron chi connectivity index (χ0n) is 10.4. The molecular weight excluding hydrogens is 248 g/mol. The third-order valence-corrected chi connectivity index (χ3v) is 3.29. The first-order valence-electron chi connectivity index (χ1n) is 5.49. The largest absolute Gasteiger partial charge is 0.387 e. The first-order chi connectivity index (χ1) is 8.50. The lowest BCUT2D eigenvalue weighted by atomic mass is 10.1. The highest BCUT2D eigenvalue weighted by atomic mass is 32.2. The van der Waals surface area contributed by atoms with Gasteiger partial charge < -0.3 is 10.4 Å². The SMILES string of the molecule is CSCC(C)(O)CNC(=O)c1ccccc1C#N. The van der Waals surface area contributed by atoms with Gasteiger partial charge in [0, 0.05) is 12.3 Å². The van der Waals surface area contributed by atoms with Crippen molar-refractivity contribution in [2.24, 2.45) is 0 Å². The monoisotopic (exact) mass is 264 g/mol. The topological polar surface area (TPSA) is 73.1 Å². The Bertz CT molecular complexity index is 466. The maximum Gasteiger partial charge on any atom is 0.252 e. The molecular formula is C13H16N2O2S. The molecule has 0 fully saturated rings. The van der Waals surface area contributed by atoms with Crippen molar-refractivity contribution in [1.82, 2.24) is 5.32 Å². The van der Waals surface area contributed by atoms with Crippen molar-refractivity contribution in [3.63, 3.8) is 0 Å². The molecule has 1 aromatic rings. The van der Waals surface area contributed by atoms with Gasteiger partial charge >= 0.3 is 0 Å². The van der Waals surface area contributed by atoms with Crippen LogP contribution >= 0.6 is 11.8 Å². The molecule has 1 unspecified atom stereocenters. The Morgan fingerprint density at radius 2 is 2.22 bits per heavy atom. The molecule has 18 heavy (non-hydrogen) atoms. The van der Waals surface area contributed by atoms with Crippen LogP contribution in [0.25, 0.3) is 0 Å². The van der Waals surface area contributed by atoms with Crippen LogP contribution in [0.3, 0.4) is 0 Å². The van der Waals surface area contributed by atoms with Gasteiger partial charge in [-0.15, -0.1) is 0 Å². The number of nitriles is 1. The third kappa shape index (κ3) is 4.06. The van der Waals surface area contributed by atoms with E-state index in [1.165, 1.54) is 11.8 Å². The third-order valence-electron chi connectivity index (χ3n) is 2.38. The Labute approximate surface area is 111 Å². The molecule has 0 saturated heterocycles. The number of nitrogens with zero attached hydrogens (tertiary/aromatic N) is 1. The van der Waals surface area contributed by atoms with Gasteiger partial charge in [0.2, 0.25) is 0 Å². The van der Waals surface area contributed by atoms with Gasteiger partial charge in [0.15, 0.2) is 0 Å². The molecule has 5 heteroatoms. The summed E-state index contributed by atoms with van der Waals surface area (Å²) < 4.78 is 0. The normalized spacial score (nSPS) is 13.4. The van der Waals surface area contributed by atoms with Gasteiger partial charge in [-0.2, -0.15) is 17.0 Å². The zero-order valence-corrected chi connectivity index (χ0v) is 11.3. The quantitative estimate of drug-likeness (QED) is 0.843. The number of benzene rings is 1. The number of amides is 1. The van der Waals surface area contributed by atoms with E-state index in [1.54, 1.807) is 31.2 Å². The molecule has 0 bridgehead atoms. The Morgan fingerprint density at radius 3 is 2.83 bits per heavy atom. The van der Waals surface area contributed by atoms with E-state index < -0.39 is 5.60 Å². The fraction of sp³-hybridized carbons (Fsp3) is 0.385. The van der Waals surface area contributed by atoms with Gasteiger partial charge in [0.1, 0.15) is 0 Å². The van der Waals surface area contributed by atoms with E-state index in [0.717, 1.165) is 0 Å². The van der Waals surface area contributed by atoms with Crippen LogP contribution in [-0.4, -0.2) is 35.2 Å². The lowest BCUT2D eigenvalue weighted by molar-refractivity contribution is 0.0725. The predicted octanol–water partition coefficient (Wildman–Crippen LogP) is 1.40. The molecule has 0 aliphatic carbocycles. The van der Waals surface area contributed by atoms with E-state index >= 15 is 0 Å². The number of carbonyl (C=O) groups excluding carboxylic acids is 1. The second-order valence-electron chi connectivity index (χ2n) is 4.27. The Hall–Kier alpha value is -1.51. The average Bonchev–Trinajstić information content (AvgIpc) is 2.36. The van der Waals surface area contributed by atoms with E-state index in [-0.39, 0.29) is 12.5 Å². The number of nitrogens with one attached hydrogen (secondary N) is 1. The first kappa shape index (κ1) is 14.6. The van der Waals surface area contributed by atoms with Crippen LogP contribution in [0.4, 0.5) is 0 Å². The molecule has 1 rings (SSSR count). The summed E-state index contributed by atoms with van der Waals surface area (Å²) in [5.74, 6) is 0.196. The molecule has 1 atom stereocenters. The number of hydrogen-bond donors (Lipinski definition) is 2. The summed E-state index contributed by atoms with van der Waals surface area (Å²) in [6.07, 6.45) is 1.89. The minimum Gasteiger partial charge on any atom is -0.387 e. The fourth-order valence-electron chi connectivity index (χ4n) is 1.51. The second kappa shape index (κ2) is 6.43. The van der Waals surface area contributed by atoms with Crippen LogP contribution in [0.2, 0.25) is 0 Å². The fourth-order valence-corrected chi connectivity index (χ4v) is 2.23. The number of thioether (sulfide) groups is 1. The highest BCUT2D eigenvalue weighted by Crippen LogP contribution is 2.11. The molecule has 1 amide bonds. The summed E-state index contributed by atoms with van der Waals surface area (Å²) >= 11 is 1.51. The molecule has 0 spiro atoms. The molecule has 0 saturated carbocycles. The molecule has 4 nitrogen and oxygen atoms in total. The average molecular weight is 264 g/mol. The molecule has 0 aromatic heterocycles. The number of carbonyl (C=O) groups is 1. The van der Waals surface area contributed by atoms with Gasteiger partial charge in [-0.1, -0.05) is 12.1 Å². The minimum atomic E-state index is -0.948. The summed E-state index contributed by atoms with van der Waals surface area (Å²) in [5, 5.41) is 21.5. The van der Waals surface area contributed by atoms with Gasteiger partial charge in [-0.05, 0) is 25.3 Å². The summed E-state index contributed by atoms with van der Waals surface area (Å²) in [6, 6.07) is 8.57. The van der Waals surface area contributed by atoms with Crippen molar-refractivity contribution in [2.45, 2.75) is 12.5 Å². The van der Waals surface area contributed by atoms with Gasteiger partial charge in [0.05, 0.1) is 22.8 Å². The van der Waals surface area contributed by atoms with Crippen LogP contribution in [-0.2, 0) is 0 Å². The maximum absolute atomic E-state index is 11.9. The number of hydrogen-bond acceptors (Lipinski definition) is 4. The first-order valence-corrected chi connectivity index (χ1v) is 6.88. The van der Waals surface area contributed by atoms with Crippen LogP contribution in [0.5, 0.6) is 0 Å². The van der Waals surface area contributed by atoms with Crippen LogP contribution in [0.15, 0.2) is 24.3 Å². The van der Waals surface area contributed by atoms with Crippen molar-refractivity contribution in [3.05, 3.63) is 35.4 Å². The molecule has 96 valence electrons. The van der Waals surface area contributed by atoms with E-state index in [9.17, 15) is 9.90 Å². The Balaban J connectivity index is 2.70. The van der Waals surface area contributed by atoms with Gasteiger partial charge in [-0.3, -0.25) is 4.79 Å². The standard InChI is InChI=1S/C13H16N2O2S/c1-13(17,9-18-2)8-15-12(16)11-6-4-3-5-10(11)7-14/h3-6,17H,8-9H2,1-2H3,(H,15,16). The van der Waals surface area contributed by atoms with E-state index in [2.05, 4.69) is 5.32 Å². The van der Waals surface area contributed by atoms with Crippen LogP contribution in [0, 0.1) is 11.3 Å². The summed E-state index contributed by atoms with van der Waals surface area (Å²) in [4.78, 5) is 11.9. The molecule has 0 aliphatic heterocycles. The summed E-state index contributed by atoms with van der Waals surface area (Å²) in [6.45, 7) is 1.83. The summed E-state index contributed by atoms with van der Waals surface area (Å²) in [5.41, 5.74) is -0.282. The smallest absolute Gasteiger partial charge is 0.252 e. The second-order valence-corrected chi connectivity index (χ2v) is 5.14. The highest BCUT2D eigenvalue weighted by molar-refractivity contribution is 7.98. The van der Waals surface area contributed by atoms with Crippen molar-refractivity contribution in [3.8, 4) is 6.07 Å². The van der Waals surface area contributed by atoms with E-state index in [1.807, 2.05) is 12.3 Å². The lowest BCUT2D eigenvalue weighted by Crippen LogP contribution is -2.42. The molecule has 0 aliphatic rings. The lowest BCUT2D eigenvalue weighted by Gasteiger charge is -2.22. The summed E-state index contributed by atoms with van der Waals surface area (Å²) in [7, 11) is 0. The molecule has 2 N–H and O–H groups in total. The van der Waals surface area contributed by atoms with Crippen molar-refractivity contribution < 1.29 is 9.90 Å². The van der Waals surface area contributed by atoms with Crippen molar-refractivity contribution in [2.75, 3.05) is 18.6 Å². The van der Waals surface area contributed by atoms with Gasteiger partial charge in [0.25, 0.3) is 5.91 Å². The van der Waals surface area contributed by atoms with Crippen molar-refractivity contribution in [1.29, 1.82) is 5.26 Å². The maximum atomic E-state index is 11.9. The Morgan fingerprint density at radius 1 is 1.56 bits per heavy atom. The van der Waals surface area contributed by atoms with Gasteiger partial charge in [-0.25, -0.2) is 0 Å². The molecule has 0 radical (unpaired) electrons. The minimum absolute atomic E-state index is 0.159.